The van der Waals surface area contributed by atoms with Gasteiger partial charge in [-0.2, -0.15) is 5.10 Å². The fourth-order valence-electron chi connectivity index (χ4n) is 1.90. The van der Waals surface area contributed by atoms with Crippen molar-refractivity contribution in [2.24, 2.45) is 5.92 Å². The molecule has 1 aromatic heterocycles. The van der Waals surface area contributed by atoms with E-state index in [1.165, 1.54) is 31.0 Å². The Morgan fingerprint density at radius 1 is 1.41 bits per heavy atom. The van der Waals surface area contributed by atoms with Gasteiger partial charge in [0.2, 0.25) is 0 Å². The van der Waals surface area contributed by atoms with Crippen molar-refractivity contribution >= 4 is 0 Å². The molecule has 1 aromatic carbocycles. The molecule has 1 aliphatic rings. The first-order valence-electron chi connectivity index (χ1n) is 5.74. The molecule has 1 fully saturated rings. The van der Waals surface area contributed by atoms with Crippen LogP contribution >= 0.6 is 0 Å². The van der Waals surface area contributed by atoms with Gasteiger partial charge >= 0.3 is 0 Å². The Morgan fingerprint density at radius 3 is 3.00 bits per heavy atom. The first-order chi connectivity index (χ1) is 8.22. The van der Waals surface area contributed by atoms with Crippen LogP contribution in [0.2, 0.25) is 0 Å². The van der Waals surface area contributed by atoms with E-state index < -0.39 is 0 Å². The number of aromatic hydroxyl groups is 1. The number of hydrogen-bond acceptors (Lipinski definition) is 2. The molecule has 0 bridgehead atoms. The Balaban J connectivity index is 1.91. The summed E-state index contributed by atoms with van der Waals surface area (Å²) in [7, 11) is 0. The van der Waals surface area contributed by atoms with E-state index in [0.717, 1.165) is 12.5 Å². The molecular weight excluding hydrogens is 219 g/mol. The number of halogens is 1. The Morgan fingerprint density at radius 2 is 2.24 bits per heavy atom. The minimum Gasteiger partial charge on any atom is -0.508 e. The zero-order valence-corrected chi connectivity index (χ0v) is 9.31. The van der Waals surface area contributed by atoms with Crippen molar-refractivity contribution < 1.29 is 9.50 Å². The average Bonchev–Trinajstić information content (AvgIpc) is 2.99. The molecule has 1 saturated carbocycles. The third-order valence-corrected chi connectivity index (χ3v) is 3.04. The van der Waals surface area contributed by atoms with Crippen molar-refractivity contribution in [2.45, 2.75) is 19.4 Å². The monoisotopic (exact) mass is 232 g/mol. The number of nitrogens with zero attached hydrogens (tertiary/aromatic N) is 2. The molecule has 17 heavy (non-hydrogen) atoms. The van der Waals surface area contributed by atoms with Gasteiger partial charge in [0.25, 0.3) is 0 Å². The first-order valence-corrected chi connectivity index (χ1v) is 5.74. The number of benzene rings is 1. The van der Waals surface area contributed by atoms with Crippen molar-refractivity contribution in [3.8, 4) is 16.9 Å². The van der Waals surface area contributed by atoms with E-state index in [2.05, 4.69) is 5.10 Å². The van der Waals surface area contributed by atoms with Gasteiger partial charge in [0.15, 0.2) is 0 Å². The summed E-state index contributed by atoms with van der Waals surface area (Å²) in [4.78, 5) is 0. The molecule has 0 radical (unpaired) electrons. The summed E-state index contributed by atoms with van der Waals surface area (Å²) in [6.45, 7) is 0.903. The van der Waals surface area contributed by atoms with Crippen molar-refractivity contribution in [1.29, 1.82) is 0 Å². The van der Waals surface area contributed by atoms with Crippen LogP contribution in [0.25, 0.3) is 11.1 Å². The van der Waals surface area contributed by atoms with Crippen LogP contribution in [0.5, 0.6) is 5.75 Å². The van der Waals surface area contributed by atoms with E-state index in [9.17, 15) is 9.50 Å². The molecule has 0 saturated heterocycles. The maximum atomic E-state index is 13.6. The molecule has 3 rings (SSSR count). The van der Waals surface area contributed by atoms with Gasteiger partial charge in [0.05, 0.1) is 6.20 Å². The number of phenolic OH excluding ortho intramolecular Hbond substituents is 1. The van der Waals surface area contributed by atoms with Crippen LogP contribution in [-0.2, 0) is 6.54 Å². The molecule has 0 atom stereocenters. The van der Waals surface area contributed by atoms with Crippen LogP contribution in [0.4, 0.5) is 4.39 Å². The highest BCUT2D eigenvalue weighted by molar-refractivity contribution is 5.64. The lowest BCUT2D eigenvalue weighted by Gasteiger charge is -2.01. The van der Waals surface area contributed by atoms with E-state index in [1.807, 2.05) is 10.9 Å². The number of phenols is 1. The molecule has 1 heterocycles. The molecule has 0 spiro atoms. The highest BCUT2D eigenvalue weighted by Crippen LogP contribution is 2.31. The second-order valence-corrected chi connectivity index (χ2v) is 4.56. The topological polar surface area (TPSA) is 38.1 Å². The summed E-state index contributed by atoms with van der Waals surface area (Å²) in [5, 5.41) is 13.6. The average molecular weight is 232 g/mol. The highest BCUT2D eigenvalue weighted by atomic mass is 19.1. The molecule has 0 aliphatic heterocycles. The summed E-state index contributed by atoms with van der Waals surface area (Å²) in [5.74, 6) is 0.460. The molecule has 2 aromatic rings. The summed E-state index contributed by atoms with van der Waals surface area (Å²) in [6.07, 6.45) is 5.99. The van der Waals surface area contributed by atoms with Gasteiger partial charge in [-0.1, -0.05) is 0 Å². The van der Waals surface area contributed by atoms with E-state index in [4.69, 9.17) is 0 Å². The van der Waals surface area contributed by atoms with Gasteiger partial charge < -0.3 is 5.11 Å². The lowest BCUT2D eigenvalue weighted by Crippen LogP contribution is -1.99. The fraction of sp³-hybridized carbons (Fsp3) is 0.308. The first kappa shape index (κ1) is 10.3. The van der Waals surface area contributed by atoms with Crippen molar-refractivity contribution in [3.05, 3.63) is 36.4 Å². The van der Waals surface area contributed by atoms with Crippen molar-refractivity contribution in [2.75, 3.05) is 0 Å². The number of rotatable bonds is 3. The third kappa shape index (κ3) is 2.16. The SMILES string of the molecule is Oc1ccc(F)c(-c2cnn(CC3CC3)c2)c1. The number of aromatic nitrogens is 2. The summed E-state index contributed by atoms with van der Waals surface area (Å²) >= 11 is 0. The minimum atomic E-state index is -0.339. The van der Waals surface area contributed by atoms with E-state index in [0.29, 0.717) is 11.1 Å². The van der Waals surface area contributed by atoms with Crippen molar-refractivity contribution in [3.63, 3.8) is 0 Å². The van der Waals surface area contributed by atoms with Crippen LogP contribution in [0, 0.1) is 11.7 Å². The van der Waals surface area contributed by atoms with Gasteiger partial charge in [-0.3, -0.25) is 4.68 Å². The predicted octanol–water partition coefficient (Wildman–Crippen LogP) is 2.80. The predicted molar refractivity (Wildman–Crippen MR) is 62.0 cm³/mol. The largest absolute Gasteiger partial charge is 0.508 e. The second kappa shape index (κ2) is 3.87. The zero-order valence-electron chi connectivity index (χ0n) is 9.31. The van der Waals surface area contributed by atoms with Crippen LogP contribution in [0.1, 0.15) is 12.8 Å². The number of hydrogen-bond donors (Lipinski definition) is 1. The van der Waals surface area contributed by atoms with Gasteiger partial charge in [0.1, 0.15) is 11.6 Å². The minimum absolute atomic E-state index is 0.0661. The quantitative estimate of drug-likeness (QED) is 0.883. The molecule has 88 valence electrons. The van der Waals surface area contributed by atoms with Crippen LogP contribution in [-0.4, -0.2) is 14.9 Å². The van der Waals surface area contributed by atoms with Crippen LogP contribution in [0.15, 0.2) is 30.6 Å². The summed E-state index contributed by atoms with van der Waals surface area (Å²) < 4.78 is 15.4. The van der Waals surface area contributed by atoms with Crippen LogP contribution in [0.3, 0.4) is 0 Å². The second-order valence-electron chi connectivity index (χ2n) is 4.56. The van der Waals surface area contributed by atoms with Crippen molar-refractivity contribution in [1.82, 2.24) is 9.78 Å². The normalized spacial score (nSPS) is 15.1. The van der Waals surface area contributed by atoms with Gasteiger partial charge in [-0.15, -0.1) is 0 Å². The molecule has 3 nitrogen and oxygen atoms in total. The van der Waals surface area contributed by atoms with E-state index >= 15 is 0 Å². The van der Waals surface area contributed by atoms with E-state index in [1.54, 1.807) is 6.20 Å². The van der Waals surface area contributed by atoms with Gasteiger partial charge in [0, 0.05) is 23.9 Å². The maximum Gasteiger partial charge on any atom is 0.131 e. The fourth-order valence-corrected chi connectivity index (χ4v) is 1.90. The molecule has 0 amide bonds. The molecular formula is C13H13FN2O. The molecule has 1 N–H and O–H groups in total. The molecule has 1 aliphatic carbocycles. The lowest BCUT2D eigenvalue weighted by atomic mass is 10.1. The Bertz CT molecular complexity index is 546. The van der Waals surface area contributed by atoms with E-state index in [-0.39, 0.29) is 11.6 Å². The Labute approximate surface area is 98.5 Å². The van der Waals surface area contributed by atoms with Gasteiger partial charge in [-0.25, -0.2) is 4.39 Å². The molecule has 0 unspecified atom stereocenters. The lowest BCUT2D eigenvalue weighted by molar-refractivity contribution is 0.473. The summed E-state index contributed by atoms with van der Waals surface area (Å²) in [6, 6.07) is 4.03. The maximum absolute atomic E-state index is 13.6. The highest BCUT2D eigenvalue weighted by Gasteiger charge is 2.22. The summed E-state index contributed by atoms with van der Waals surface area (Å²) in [5.41, 5.74) is 1.10. The smallest absolute Gasteiger partial charge is 0.131 e. The Kier molecular flexibility index (Phi) is 2.35. The standard InChI is InChI=1S/C13H13FN2O/c14-13-4-3-11(17)5-12(13)10-6-15-16(8-10)7-9-1-2-9/h3-6,8-9,17H,1-2,7H2. The van der Waals surface area contributed by atoms with Gasteiger partial charge in [-0.05, 0) is 37.0 Å². The zero-order chi connectivity index (χ0) is 11.8. The third-order valence-electron chi connectivity index (χ3n) is 3.04. The Hall–Kier alpha value is -1.84. The molecule has 4 heteroatoms. The van der Waals surface area contributed by atoms with Crippen LogP contribution < -0.4 is 0 Å².